The van der Waals surface area contributed by atoms with Gasteiger partial charge >= 0.3 is 5.97 Å². The summed E-state index contributed by atoms with van der Waals surface area (Å²) in [6, 6.07) is 9.81. The van der Waals surface area contributed by atoms with Gasteiger partial charge in [0.15, 0.2) is 0 Å². The molecule has 0 aliphatic heterocycles. The molecule has 0 amide bonds. The molecule has 0 aliphatic carbocycles. The van der Waals surface area contributed by atoms with E-state index in [9.17, 15) is 9.90 Å². The minimum atomic E-state index is -0.949. The summed E-state index contributed by atoms with van der Waals surface area (Å²) >= 11 is 0. The average Bonchev–Trinajstić information content (AvgIpc) is 2.34. The Kier molecular flexibility index (Phi) is 5.43. The van der Waals surface area contributed by atoms with E-state index < -0.39 is 12.1 Å². The first-order valence-electron chi connectivity index (χ1n) is 5.73. The van der Waals surface area contributed by atoms with E-state index in [1.807, 2.05) is 37.3 Å². The predicted octanol–water partition coefficient (Wildman–Crippen LogP) is 2.57. The van der Waals surface area contributed by atoms with Crippen molar-refractivity contribution >= 4 is 5.97 Å². The zero-order valence-corrected chi connectivity index (χ0v) is 9.91. The number of aliphatic carboxylic acids is 1. The van der Waals surface area contributed by atoms with Crippen molar-refractivity contribution in [1.29, 1.82) is 0 Å². The van der Waals surface area contributed by atoms with Crippen LogP contribution < -0.4 is 0 Å². The number of aliphatic hydroxyl groups is 1. The molecule has 2 atom stereocenters. The Morgan fingerprint density at radius 2 is 2.00 bits per heavy atom. The topological polar surface area (TPSA) is 57.5 Å². The molecular formula is C14H18O3. The van der Waals surface area contributed by atoms with Crippen molar-refractivity contribution in [2.75, 3.05) is 0 Å². The fraction of sp³-hybridized carbons (Fsp3) is 0.357. The van der Waals surface area contributed by atoms with Gasteiger partial charge in [0.2, 0.25) is 0 Å². The van der Waals surface area contributed by atoms with E-state index in [2.05, 4.69) is 0 Å². The molecule has 17 heavy (non-hydrogen) atoms. The van der Waals surface area contributed by atoms with Gasteiger partial charge in [-0.25, -0.2) is 4.79 Å². The molecule has 0 spiro atoms. The first kappa shape index (κ1) is 13.5. The highest BCUT2D eigenvalue weighted by molar-refractivity contribution is 5.79. The molecule has 0 bridgehead atoms. The number of carboxylic acids is 1. The Labute approximate surface area is 101 Å². The molecular weight excluding hydrogens is 216 g/mol. The molecule has 1 aromatic carbocycles. The zero-order chi connectivity index (χ0) is 12.7. The summed E-state index contributed by atoms with van der Waals surface area (Å²) < 4.78 is 0. The van der Waals surface area contributed by atoms with E-state index >= 15 is 0 Å². The first-order valence-corrected chi connectivity index (χ1v) is 5.73. The minimum absolute atomic E-state index is 0.0643. The van der Waals surface area contributed by atoms with Crippen LogP contribution >= 0.6 is 0 Å². The smallest absolute Gasteiger partial charge is 0.327 e. The van der Waals surface area contributed by atoms with Crippen molar-refractivity contribution < 1.29 is 15.0 Å². The zero-order valence-electron chi connectivity index (χ0n) is 9.91. The molecule has 1 rings (SSSR count). The summed E-state index contributed by atoms with van der Waals surface area (Å²) in [4.78, 5) is 10.3. The van der Waals surface area contributed by atoms with Crippen LogP contribution in [0.1, 0.15) is 31.2 Å². The standard InChI is InChI=1S/C14H18O3/c1-11(12-7-3-2-4-8-12)13(15)9-5-6-10-14(16)17/h2-4,6-8,10-11,13,15H,5,9H2,1H3,(H,16,17). The molecule has 0 radical (unpaired) electrons. The normalized spacial score (nSPS) is 14.7. The molecule has 3 heteroatoms. The number of hydrogen-bond acceptors (Lipinski definition) is 2. The van der Waals surface area contributed by atoms with E-state index in [4.69, 9.17) is 5.11 Å². The number of hydrogen-bond donors (Lipinski definition) is 2. The second-order valence-corrected chi connectivity index (χ2v) is 4.08. The Morgan fingerprint density at radius 3 is 2.59 bits per heavy atom. The van der Waals surface area contributed by atoms with Gasteiger partial charge in [-0.3, -0.25) is 0 Å². The third-order valence-corrected chi connectivity index (χ3v) is 2.79. The van der Waals surface area contributed by atoms with Gasteiger partial charge in [0.1, 0.15) is 0 Å². The van der Waals surface area contributed by atoms with Crippen molar-refractivity contribution in [3.63, 3.8) is 0 Å². The average molecular weight is 234 g/mol. The maximum Gasteiger partial charge on any atom is 0.327 e. The Bertz CT molecular complexity index is 370. The fourth-order valence-corrected chi connectivity index (χ4v) is 1.68. The van der Waals surface area contributed by atoms with Crippen LogP contribution in [0.2, 0.25) is 0 Å². The summed E-state index contributed by atoms with van der Waals surface area (Å²) in [6.45, 7) is 1.97. The van der Waals surface area contributed by atoms with Crippen LogP contribution in [0.4, 0.5) is 0 Å². The lowest BCUT2D eigenvalue weighted by Crippen LogP contribution is -2.15. The molecule has 2 N–H and O–H groups in total. The van der Waals surface area contributed by atoms with Gasteiger partial charge in [-0.15, -0.1) is 0 Å². The van der Waals surface area contributed by atoms with Crippen molar-refractivity contribution in [1.82, 2.24) is 0 Å². The van der Waals surface area contributed by atoms with Gasteiger partial charge in [-0.05, 0) is 18.4 Å². The number of rotatable bonds is 6. The molecule has 0 fully saturated rings. The van der Waals surface area contributed by atoms with E-state index in [0.29, 0.717) is 12.8 Å². The molecule has 0 saturated carbocycles. The van der Waals surface area contributed by atoms with Gasteiger partial charge in [-0.1, -0.05) is 43.3 Å². The molecule has 1 aromatic rings. The quantitative estimate of drug-likeness (QED) is 0.744. The Morgan fingerprint density at radius 1 is 1.35 bits per heavy atom. The van der Waals surface area contributed by atoms with Gasteiger partial charge in [-0.2, -0.15) is 0 Å². The van der Waals surface area contributed by atoms with Crippen LogP contribution in [-0.2, 0) is 4.79 Å². The predicted molar refractivity (Wildman–Crippen MR) is 66.9 cm³/mol. The third kappa shape index (κ3) is 4.83. The minimum Gasteiger partial charge on any atom is -0.478 e. The number of carbonyl (C=O) groups is 1. The van der Waals surface area contributed by atoms with Crippen LogP contribution in [0.25, 0.3) is 0 Å². The summed E-state index contributed by atoms with van der Waals surface area (Å²) in [5, 5.41) is 18.4. The maximum atomic E-state index is 10.3. The Balaban J connectivity index is 2.42. The largest absolute Gasteiger partial charge is 0.478 e. The van der Waals surface area contributed by atoms with Gasteiger partial charge in [0, 0.05) is 12.0 Å². The Hall–Kier alpha value is -1.61. The highest BCUT2D eigenvalue weighted by Crippen LogP contribution is 2.21. The summed E-state index contributed by atoms with van der Waals surface area (Å²) in [5.41, 5.74) is 1.10. The van der Waals surface area contributed by atoms with Gasteiger partial charge in [0.25, 0.3) is 0 Å². The molecule has 0 saturated heterocycles. The second kappa shape index (κ2) is 6.86. The van der Waals surface area contributed by atoms with Crippen LogP contribution in [0.5, 0.6) is 0 Å². The van der Waals surface area contributed by atoms with Gasteiger partial charge < -0.3 is 10.2 Å². The van der Waals surface area contributed by atoms with Crippen molar-refractivity contribution in [3.05, 3.63) is 48.0 Å². The highest BCUT2D eigenvalue weighted by Gasteiger charge is 2.14. The summed E-state index contributed by atoms with van der Waals surface area (Å²) in [6.07, 6.45) is 3.38. The number of carboxylic acid groups (broad SMARTS) is 1. The third-order valence-electron chi connectivity index (χ3n) is 2.79. The van der Waals surface area contributed by atoms with Crippen LogP contribution in [0.15, 0.2) is 42.5 Å². The lowest BCUT2D eigenvalue weighted by Gasteiger charge is -2.18. The monoisotopic (exact) mass is 234 g/mol. The second-order valence-electron chi connectivity index (χ2n) is 4.08. The molecule has 92 valence electrons. The molecule has 3 nitrogen and oxygen atoms in total. The molecule has 2 unspecified atom stereocenters. The lowest BCUT2D eigenvalue weighted by molar-refractivity contribution is -0.131. The summed E-state index contributed by atoms with van der Waals surface area (Å²) in [7, 11) is 0. The van der Waals surface area contributed by atoms with E-state index in [1.165, 1.54) is 0 Å². The molecule has 0 aromatic heterocycles. The van der Waals surface area contributed by atoms with E-state index in [0.717, 1.165) is 11.6 Å². The van der Waals surface area contributed by atoms with Crippen LogP contribution in [0.3, 0.4) is 0 Å². The van der Waals surface area contributed by atoms with Crippen molar-refractivity contribution in [2.45, 2.75) is 31.8 Å². The SMILES string of the molecule is CC(c1ccccc1)C(O)CCC=CC(=O)O. The van der Waals surface area contributed by atoms with E-state index in [-0.39, 0.29) is 5.92 Å². The van der Waals surface area contributed by atoms with Gasteiger partial charge in [0.05, 0.1) is 6.10 Å². The van der Waals surface area contributed by atoms with E-state index in [1.54, 1.807) is 6.08 Å². The number of allylic oxidation sites excluding steroid dienone is 1. The fourth-order valence-electron chi connectivity index (χ4n) is 1.68. The highest BCUT2D eigenvalue weighted by atomic mass is 16.4. The van der Waals surface area contributed by atoms with Crippen molar-refractivity contribution in [2.24, 2.45) is 0 Å². The number of aliphatic hydroxyl groups excluding tert-OH is 1. The lowest BCUT2D eigenvalue weighted by atomic mass is 9.93. The number of benzene rings is 1. The first-order chi connectivity index (χ1) is 8.11. The molecule has 0 heterocycles. The summed E-state index contributed by atoms with van der Waals surface area (Å²) in [5.74, 6) is -0.884. The van der Waals surface area contributed by atoms with Crippen LogP contribution in [0, 0.1) is 0 Å². The van der Waals surface area contributed by atoms with Crippen molar-refractivity contribution in [3.8, 4) is 0 Å². The van der Waals surface area contributed by atoms with Crippen LogP contribution in [-0.4, -0.2) is 22.3 Å². The molecule has 0 aliphatic rings. The maximum absolute atomic E-state index is 10.3.